The Labute approximate surface area is 144 Å². The Morgan fingerprint density at radius 2 is 1.64 bits per heavy atom. The molecule has 0 amide bonds. The number of hydrogen-bond acceptors (Lipinski definition) is 5. The molecule has 0 radical (unpaired) electrons. The van der Waals surface area contributed by atoms with Crippen LogP contribution in [-0.2, 0) is 16.9 Å². The van der Waals surface area contributed by atoms with E-state index in [4.69, 9.17) is 5.73 Å². The van der Waals surface area contributed by atoms with Crippen LogP contribution in [0, 0.1) is 0 Å². The van der Waals surface area contributed by atoms with E-state index in [1.807, 2.05) is 27.7 Å². The number of nitrogen functional groups attached to an aromatic ring is 1. The molecular weight excluding hydrogens is 357 g/mol. The lowest BCUT2D eigenvalue weighted by atomic mass is 9.94. The highest BCUT2D eigenvalue weighted by Gasteiger charge is 2.37. The Morgan fingerprint density at radius 3 is 2.04 bits per heavy atom. The van der Waals surface area contributed by atoms with Gasteiger partial charge in [0.1, 0.15) is 0 Å². The summed E-state index contributed by atoms with van der Waals surface area (Å²) in [6.45, 7) is 7.37. The van der Waals surface area contributed by atoms with E-state index in [-0.39, 0.29) is 22.4 Å². The Bertz CT molecular complexity index is 862. The predicted molar refractivity (Wildman–Crippen MR) is 87.5 cm³/mol. The van der Waals surface area contributed by atoms with Gasteiger partial charge in [-0.15, -0.1) is 5.10 Å². The zero-order chi connectivity index (χ0) is 19.1. The zero-order valence-electron chi connectivity index (χ0n) is 14.1. The van der Waals surface area contributed by atoms with Crippen molar-refractivity contribution in [3.8, 4) is 5.69 Å². The van der Waals surface area contributed by atoms with E-state index in [2.05, 4.69) is 10.1 Å². The fourth-order valence-electron chi connectivity index (χ4n) is 2.50. The number of hydrogen-bond donors (Lipinski definition) is 2. The smallest absolute Gasteiger partial charge is 0.368 e. The van der Waals surface area contributed by atoms with Crippen LogP contribution in [-0.4, -0.2) is 23.2 Å². The average molecular weight is 376 g/mol. The minimum atomic E-state index is -4.75. The monoisotopic (exact) mass is 376 g/mol. The molecule has 0 saturated carbocycles. The number of thiol groups is 1. The van der Waals surface area contributed by atoms with Gasteiger partial charge in [0.05, 0.1) is 10.6 Å². The molecule has 1 aromatic carbocycles. The van der Waals surface area contributed by atoms with Crippen molar-refractivity contribution in [2.45, 2.75) is 50.6 Å². The lowest BCUT2D eigenvalue weighted by Crippen LogP contribution is -2.11. The van der Waals surface area contributed by atoms with Gasteiger partial charge in [0, 0.05) is 0 Å². The number of aromatic nitrogens is 3. The summed E-state index contributed by atoms with van der Waals surface area (Å²) in [4.78, 5) is 3.28. The maximum atomic E-state index is 12.8. The second kappa shape index (κ2) is 6.66. The predicted octanol–water partition coefficient (Wildman–Crippen LogP) is 3.09. The van der Waals surface area contributed by atoms with Gasteiger partial charge >= 0.3 is 6.18 Å². The van der Waals surface area contributed by atoms with Crippen molar-refractivity contribution in [1.82, 2.24) is 14.8 Å². The van der Waals surface area contributed by atoms with Gasteiger partial charge in [0.2, 0.25) is 5.95 Å². The first-order chi connectivity index (χ1) is 11.4. The summed E-state index contributed by atoms with van der Waals surface area (Å²) in [5.74, 6) is -2.00. The van der Waals surface area contributed by atoms with Crippen molar-refractivity contribution in [2.24, 2.45) is 0 Å². The average Bonchev–Trinajstić information content (AvgIpc) is 2.87. The van der Waals surface area contributed by atoms with Crippen molar-refractivity contribution in [2.75, 3.05) is 5.73 Å². The molecule has 138 valence electrons. The highest BCUT2D eigenvalue weighted by molar-refractivity contribution is 7.72. The second-order valence-corrected chi connectivity index (χ2v) is 7.24. The Morgan fingerprint density at radius 1 is 1.08 bits per heavy atom. The van der Waals surface area contributed by atoms with Gasteiger partial charge in [-0.05, 0) is 29.0 Å². The van der Waals surface area contributed by atoms with Gasteiger partial charge < -0.3 is 5.73 Å². The number of halogens is 3. The standard InChI is InChI=1S/C15H19F3N4O2S/c1-7(2)9-5-10(8(3)4)12(25(23)24)6-11(9)22-14(19)20-13(21-22)15(16,17)18/h5-8,25H,1-4H3,(H2,19,20,21). The van der Waals surface area contributed by atoms with Gasteiger partial charge in [-0.3, -0.25) is 0 Å². The van der Waals surface area contributed by atoms with Gasteiger partial charge in [-0.1, -0.05) is 33.8 Å². The number of rotatable bonds is 4. The molecule has 0 bridgehead atoms. The van der Waals surface area contributed by atoms with Crippen molar-refractivity contribution >= 4 is 16.7 Å². The number of benzene rings is 1. The van der Waals surface area contributed by atoms with Gasteiger partial charge in [0.15, 0.2) is 10.7 Å². The van der Waals surface area contributed by atoms with Gasteiger partial charge in [-0.2, -0.15) is 22.8 Å². The van der Waals surface area contributed by atoms with E-state index in [1.165, 1.54) is 6.07 Å². The van der Waals surface area contributed by atoms with Crippen LogP contribution >= 0.6 is 0 Å². The van der Waals surface area contributed by atoms with Crippen LogP contribution in [0.5, 0.6) is 0 Å². The first kappa shape index (κ1) is 19.2. The molecule has 0 aliphatic heterocycles. The van der Waals surface area contributed by atoms with Crippen molar-refractivity contribution in [3.05, 3.63) is 29.1 Å². The SMILES string of the molecule is CC(C)c1cc(C(C)C)c([SH](=O)=O)cc1-n1nc(C(F)(F)F)nc1N. The third-order valence-electron chi connectivity index (χ3n) is 3.73. The van der Waals surface area contributed by atoms with Gasteiger partial charge in [-0.25, -0.2) is 8.42 Å². The van der Waals surface area contributed by atoms with Crippen LogP contribution in [0.25, 0.3) is 5.69 Å². The summed E-state index contributed by atoms with van der Waals surface area (Å²) in [7, 11) is -2.94. The highest BCUT2D eigenvalue weighted by atomic mass is 32.2. The summed E-state index contributed by atoms with van der Waals surface area (Å²) >= 11 is 0. The summed E-state index contributed by atoms with van der Waals surface area (Å²) in [6.07, 6.45) is -4.75. The topological polar surface area (TPSA) is 90.9 Å². The van der Waals surface area contributed by atoms with Crippen molar-refractivity contribution < 1.29 is 21.6 Å². The van der Waals surface area contributed by atoms with E-state index >= 15 is 0 Å². The van der Waals surface area contributed by atoms with Crippen LogP contribution in [0.2, 0.25) is 0 Å². The summed E-state index contributed by atoms with van der Waals surface area (Å²) in [5, 5.41) is 3.43. The molecule has 6 nitrogen and oxygen atoms in total. The highest BCUT2D eigenvalue weighted by Crippen LogP contribution is 2.33. The van der Waals surface area contributed by atoms with Crippen LogP contribution < -0.4 is 5.73 Å². The maximum Gasteiger partial charge on any atom is 0.453 e. The normalized spacial score (nSPS) is 12.6. The molecule has 2 N–H and O–H groups in total. The van der Waals surface area contributed by atoms with Gasteiger partial charge in [0.25, 0.3) is 5.82 Å². The lowest BCUT2D eigenvalue weighted by molar-refractivity contribution is -0.144. The molecule has 2 rings (SSSR count). The fraction of sp³-hybridized carbons (Fsp3) is 0.467. The molecule has 0 aliphatic carbocycles. The molecule has 0 unspecified atom stereocenters. The number of nitrogens with two attached hydrogens (primary N) is 1. The van der Waals surface area contributed by atoms with E-state index in [1.54, 1.807) is 6.07 Å². The molecule has 1 heterocycles. The Balaban J connectivity index is 2.81. The van der Waals surface area contributed by atoms with Crippen LogP contribution in [0.4, 0.5) is 19.1 Å². The molecular formula is C15H19F3N4O2S. The third kappa shape index (κ3) is 3.78. The van der Waals surface area contributed by atoms with E-state index < -0.39 is 28.7 Å². The fourth-order valence-corrected chi connectivity index (χ4v) is 3.26. The number of nitrogens with zero attached hydrogens (tertiary/aromatic N) is 3. The zero-order valence-corrected chi connectivity index (χ0v) is 15.0. The molecule has 0 spiro atoms. The number of anilines is 1. The molecule has 2 aromatic rings. The van der Waals surface area contributed by atoms with Crippen LogP contribution in [0.3, 0.4) is 0 Å². The quantitative estimate of drug-likeness (QED) is 0.800. The first-order valence-electron chi connectivity index (χ1n) is 7.55. The van der Waals surface area contributed by atoms with Crippen molar-refractivity contribution in [3.63, 3.8) is 0 Å². The second-order valence-electron chi connectivity index (χ2n) is 6.24. The van der Waals surface area contributed by atoms with Crippen molar-refractivity contribution in [1.29, 1.82) is 0 Å². The molecule has 0 atom stereocenters. The molecule has 25 heavy (non-hydrogen) atoms. The lowest BCUT2D eigenvalue weighted by Gasteiger charge is -2.18. The van der Waals surface area contributed by atoms with Crippen LogP contribution in [0.15, 0.2) is 17.0 Å². The van der Waals surface area contributed by atoms with E-state index in [0.717, 1.165) is 4.68 Å². The maximum absolute atomic E-state index is 12.8. The molecule has 0 fully saturated rings. The Kier molecular flexibility index (Phi) is 5.12. The number of alkyl halides is 3. The van der Waals surface area contributed by atoms with E-state index in [9.17, 15) is 21.6 Å². The minimum absolute atomic E-state index is 0.0351. The first-order valence-corrected chi connectivity index (χ1v) is 8.73. The molecule has 10 heteroatoms. The van der Waals surface area contributed by atoms with Crippen LogP contribution in [0.1, 0.15) is 56.5 Å². The summed E-state index contributed by atoms with van der Waals surface area (Å²) in [6, 6.07) is 2.99. The summed E-state index contributed by atoms with van der Waals surface area (Å²) < 4.78 is 62.6. The summed E-state index contributed by atoms with van der Waals surface area (Å²) in [5.41, 5.74) is 7.01. The Hall–Kier alpha value is -2.10. The van der Waals surface area contributed by atoms with E-state index in [0.29, 0.717) is 11.1 Å². The largest absolute Gasteiger partial charge is 0.453 e. The third-order valence-corrected chi connectivity index (χ3v) is 4.51. The minimum Gasteiger partial charge on any atom is -0.368 e. The molecule has 1 aromatic heterocycles. The molecule has 0 aliphatic rings. The molecule has 0 saturated heterocycles.